The van der Waals surface area contributed by atoms with Crippen molar-refractivity contribution in [3.63, 3.8) is 0 Å². The van der Waals surface area contributed by atoms with Crippen molar-refractivity contribution in [1.82, 2.24) is 5.32 Å². The van der Waals surface area contributed by atoms with Crippen LogP contribution in [0.2, 0.25) is 0 Å². The number of amides is 1. The zero-order valence-electron chi connectivity index (χ0n) is 16.2. The van der Waals surface area contributed by atoms with Crippen LogP contribution in [0.3, 0.4) is 0 Å². The van der Waals surface area contributed by atoms with Gasteiger partial charge in [0.15, 0.2) is 0 Å². The summed E-state index contributed by atoms with van der Waals surface area (Å²) in [4.78, 5) is 10.7. The summed E-state index contributed by atoms with van der Waals surface area (Å²) in [5.74, 6) is 0.0905. The molecule has 0 spiro atoms. The van der Waals surface area contributed by atoms with Crippen LogP contribution in [0, 0.1) is 0 Å². The zero-order valence-corrected chi connectivity index (χ0v) is 19.3. The molecule has 1 amide bonds. The maximum atomic E-state index is 10.7. The van der Waals surface area contributed by atoms with Crippen LogP contribution in [0.15, 0.2) is 12.2 Å². The van der Waals surface area contributed by atoms with Crippen LogP contribution in [0.25, 0.3) is 0 Å². The van der Waals surface area contributed by atoms with Crippen molar-refractivity contribution in [3.05, 3.63) is 12.2 Å². The molecule has 0 atom stereocenters. The fourth-order valence-electron chi connectivity index (χ4n) is 2.64. The van der Waals surface area contributed by atoms with Crippen molar-refractivity contribution in [2.75, 3.05) is 6.54 Å². The molecule has 1 N–H and O–H groups in total. The Hall–Kier alpha value is 0.846. The van der Waals surface area contributed by atoms with Gasteiger partial charge in [-0.25, -0.2) is 0 Å². The molecule has 0 saturated carbocycles. The van der Waals surface area contributed by atoms with Gasteiger partial charge >= 0.3 is 0 Å². The summed E-state index contributed by atoms with van der Waals surface area (Å²) in [6.45, 7) is 4.70. The summed E-state index contributed by atoms with van der Waals surface area (Å²) >= 11 is 0. The van der Waals surface area contributed by atoms with Crippen LogP contribution in [-0.2, 0) is 4.79 Å². The molecule has 0 rings (SSSR count). The number of carbonyl (C=O) groups excluding carboxylic acids is 1. The molecule has 0 aromatic carbocycles. The van der Waals surface area contributed by atoms with Gasteiger partial charge in [0.2, 0.25) is 5.91 Å². The van der Waals surface area contributed by atoms with Gasteiger partial charge in [-0.1, -0.05) is 76.9 Å². The van der Waals surface area contributed by atoms with E-state index < -0.39 is 0 Å². The third-order valence-electron chi connectivity index (χ3n) is 4.06. The minimum Gasteiger partial charge on any atom is -0.356 e. The van der Waals surface area contributed by atoms with Gasteiger partial charge in [-0.05, 0) is 32.1 Å². The van der Waals surface area contributed by atoms with E-state index in [9.17, 15) is 4.79 Å². The van der Waals surface area contributed by atoms with Crippen molar-refractivity contribution in [1.29, 1.82) is 0 Å². The van der Waals surface area contributed by atoms with E-state index in [-0.39, 0.29) is 57.3 Å². The quantitative estimate of drug-likeness (QED) is 0.214. The van der Waals surface area contributed by atoms with Gasteiger partial charge in [0.1, 0.15) is 0 Å². The van der Waals surface area contributed by atoms with E-state index in [0.29, 0.717) is 0 Å². The maximum Gasteiger partial charge on any atom is 0.216 e. The van der Waals surface area contributed by atoms with Gasteiger partial charge < -0.3 is 5.32 Å². The molecule has 0 aromatic heterocycles. The van der Waals surface area contributed by atoms with Crippen molar-refractivity contribution in [3.8, 4) is 0 Å². The Kier molecular flexibility index (Phi) is 25.9. The first-order valence-corrected chi connectivity index (χ1v) is 9.66. The standard InChI is InChI=1S/C20H39NO.K/c1-3-4-5-6-7-8-9-10-11-12-13-14-15-16-17-18-19-21-20(2)22;/h10-11H,3-9,12-19H2,1-2H3,(H,21,22);. The summed E-state index contributed by atoms with van der Waals surface area (Å²) in [5, 5.41) is 2.85. The average molecular weight is 349 g/mol. The average Bonchev–Trinajstić information content (AvgIpc) is 2.50. The number of rotatable bonds is 16. The Labute approximate surface area is 188 Å². The second kappa shape index (κ2) is 22.8. The Morgan fingerprint density at radius 2 is 1.17 bits per heavy atom. The minimum atomic E-state index is 0. The smallest absolute Gasteiger partial charge is 0.216 e. The molecule has 0 heterocycles. The first-order valence-electron chi connectivity index (χ1n) is 9.66. The predicted molar refractivity (Wildman–Crippen MR) is 104 cm³/mol. The number of unbranched alkanes of at least 4 members (excludes halogenated alkanes) is 12. The van der Waals surface area contributed by atoms with Crippen LogP contribution in [0.1, 0.15) is 104 Å². The van der Waals surface area contributed by atoms with Crippen LogP contribution < -0.4 is 5.32 Å². The number of allylic oxidation sites excluding steroid dienone is 2. The third-order valence-corrected chi connectivity index (χ3v) is 4.06. The Morgan fingerprint density at radius 3 is 1.65 bits per heavy atom. The molecule has 0 aliphatic carbocycles. The summed E-state index contributed by atoms with van der Waals surface area (Å²) in [6.07, 6.45) is 23.3. The van der Waals surface area contributed by atoms with Crippen LogP contribution in [0.4, 0.5) is 0 Å². The summed E-state index contributed by atoms with van der Waals surface area (Å²) in [6, 6.07) is 0. The fraction of sp³-hybridized carbons (Fsp3) is 0.850. The Morgan fingerprint density at radius 1 is 0.739 bits per heavy atom. The molecular formula is C20H39KNO. The molecule has 1 radical (unpaired) electrons. The first-order chi connectivity index (χ1) is 10.8. The van der Waals surface area contributed by atoms with E-state index in [1.54, 1.807) is 6.92 Å². The van der Waals surface area contributed by atoms with Crippen molar-refractivity contribution < 1.29 is 4.79 Å². The van der Waals surface area contributed by atoms with Crippen molar-refractivity contribution >= 4 is 57.3 Å². The summed E-state index contributed by atoms with van der Waals surface area (Å²) in [7, 11) is 0. The molecule has 131 valence electrons. The molecule has 2 nitrogen and oxygen atoms in total. The SMILES string of the molecule is CCCCCCCCC=CCCCCCCCCNC(C)=O.[K]. The molecule has 0 saturated heterocycles. The number of hydrogen-bond donors (Lipinski definition) is 1. The Balaban J connectivity index is 0. The monoisotopic (exact) mass is 348 g/mol. The molecule has 0 bridgehead atoms. The third kappa shape index (κ3) is 25.2. The van der Waals surface area contributed by atoms with Gasteiger partial charge in [-0.15, -0.1) is 0 Å². The van der Waals surface area contributed by atoms with Crippen LogP contribution >= 0.6 is 0 Å². The van der Waals surface area contributed by atoms with E-state index in [1.807, 2.05) is 0 Å². The van der Waals surface area contributed by atoms with Gasteiger partial charge in [0.05, 0.1) is 0 Å². The van der Waals surface area contributed by atoms with Gasteiger partial charge in [-0.2, -0.15) is 0 Å². The van der Waals surface area contributed by atoms with E-state index in [1.165, 1.54) is 83.5 Å². The van der Waals surface area contributed by atoms with Crippen molar-refractivity contribution in [2.45, 2.75) is 104 Å². The molecule has 23 heavy (non-hydrogen) atoms. The van der Waals surface area contributed by atoms with E-state index in [4.69, 9.17) is 0 Å². The fourth-order valence-corrected chi connectivity index (χ4v) is 2.64. The summed E-state index contributed by atoms with van der Waals surface area (Å²) < 4.78 is 0. The predicted octanol–water partition coefficient (Wildman–Crippen LogP) is 5.78. The van der Waals surface area contributed by atoms with Gasteiger partial charge in [0.25, 0.3) is 0 Å². The van der Waals surface area contributed by atoms with Gasteiger partial charge in [0, 0.05) is 64.9 Å². The number of carbonyl (C=O) groups is 1. The van der Waals surface area contributed by atoms with Crippen LogP contribution in [-0.4, -0.2) is 63.8 Å². The minimum absolute atomic E-state index is 0. The molecule has 0 aliphatic rings. The van der Waals surface area contributed by atoms with E-state index >= 15 is 0 Å². The zero-order chi connectivity index (χ0) is 16.3. The number of nitrogens with one attached hydrogen (secondary N) is 1. The number of hydrogen-bond acceptors (Lipinski definition) is 1. The normalized spacial score (nSPS) is 10.7. The molecule has 0 unspecified atom stereocenters. The second-order valence-electron chi connectivity index (χ2n) is 6.42. The second-order valence-corrected chi connectivity index (χ2v) is 6.42. The first kappa shape index (κ1) is 26.1. The largest absolute Gasteiger partial charge is 0.356 e. The molecule has 0 fully saturated rings. The molecule has 3 heteroatoms. The van der Waals surface area contributed by atoms with Gasteiger partial charge in [-0.3, -0.25) is 4.79 Å². The molecule has 0 aromatic rings. The topological polar surface area (TPSA) is 29.1 Å². The van der Waals surface area contributed by atoms with Crippen molar-refractivity contribution in [2.24, 2.45) is 0 Å². The Bertz CT molecular complexity index is 266. The molecular weight excluding hydrogens is 309 g/mol. The summed E-state index contributed by atoms with van der Waals surface area (Å²) in [5.41, 5.74) is 0. The van der Waals surface area contributed by atoms with Crippen LogP contribution in [0.5, 0.6) is 0 Å². The molecule has 0 aliphatic heterocycles. The van der Waals surface area contributed by atoms with E-state index in [0.717, 1.165) is 13.0 Å². The maximum absolute atomic E-state index is 10.7. The van der Waals surface area contributed by atoms with E-state index in [2.05, 4.69) is 24.4 Å².